The Kier molecular flexibility index (Phi) is 8.83. The maximum absolute atomic E-state index is 12.8. The summed E-state index contributed by atoms with van der Waals surface area (Å²) in [5.41, 5.74) is 0. The number of carbonyl (C=O) groups excluding carboxylic acids is 1. The first-order valence-electron chi connectivity index (χ1n) is 7.52. The molecule has 0 aromatic heterocycles. The molecular weight excluding hydrogens is 323 g/mol. The number of thioether (sulfide) groups is 1. The molecule has 3 nitrogen and oxygen atoms in total. The molecule has 6 heteroatoms. The first-order valence-corrected chi connectivity index (χ1v) is 8.50. The number of benzene rings is 1. The van der Waals surface area contributed by atoms with Crippen molar-refractivity contribution < 1.29 is 9.18 Å². The van der Waals surface area contributed by atoms with Gasteiger partial charge in [-0.15, -0.1) is 24.2 Å². The molecule has 0 saturated carbocycles. The predicted octanol–water partition coefficient (Wildman–Crippen LogP) is 3.09. The molecule has 22 heavy (non-hydrogen) atoms. The van der Waals surface area contributed by atoms with Crippen LogP contribution in [0.5, 0.6) is 0 Å². The zero-order chi connectivity index (χ0) is 15.1. The molecule has 2 N–H and O–H groups in total. The van der Waals surface area contributed by atoms with E-state index in [4.69, 9.17) is 0 Å². The van der Waals surface area contributed by atoms with Crippen LogP contribution < -0.4 is 10.6 Å². The van der Waals surface area contributed by atoms with Crippen molar-refractivity contribution in [1.82, 2.24) is 10.6 Å². The van der Waals surface area contributed by atoms with Crippen LogP contribution in [0.15, 0.2) is 29.2 Å². The van der Waals surface area contributed by atoms with Gasteiger partial charge in [-0.1, -0.05) is 6.92 Å². The van der Waals surface area contributed by atoms with Gasteiger partial charge in [0.25, 0.3) is 0 Å². The van der Waals surface area contributed by atoms with Gasteiger partial charge in [0.05, 0.1) is 0 Å². The van der Waals surface area contributed by atoms with E-state index in [1.807, 2.05) is 6.92 Å². The first-order chi connectivity index (χ1) is 10.1. The molecular formula is C16H24ClFN2OS. The average molecular weight is 347 g/mol. The van der Waals surface area contributed by atoms with E-state index in [0.29, 0.717) is 11.7 Å². The van der Waals surface area contributed by atoms with E-state index < -0.39 is 0 Å². The van der Waals surface area contributed by atoms with Crippen molar-refractivity contribution in [3.05, 3.63) is 30.1 Å². The Morgan fingerprint density at radius 2 is 2.18 bits per heavy atom. The summed E-state index contributed by atoms with van der Waals surface area (Å²) in [6, 6.07) is 6.39. The quantitative estimate of drug-likeness (QED) is 0.778. The van der Waals surface area contributed by atoms with E-state index in [9.17, 15) is 9.18 Å². The van der Waals surface area contributed by atoms with Crippen LogP contribution in [-0.2, 0) is 4.79 Å². The minimum Gasteiger partial charge on any atom is -0.356 e. The maximum Gasteiger partial charge on any atom is 0.223 e. The Bertz CT molecular complexity index is 452. The highest BCUT2D eigenvalue weighted by Gasteiger charge is 2.17. The van der Waals surface area contributed by atoms with Gasteiger partial charge in [0.1, 0.15) is 5.82 Å². The summed E-state index contributed by atoms with van der Waals surface area (Å²) < 4.78 is 12.8. The van der Waals surface area contributed by atoms with Crippen LogP contribution in [0.1, 0.15) is 19.8 Å². The average Bonchev–Trinajstić information content (AvgIpc) is 2.52. The second-order valence-corrected chi connectivity index (χ2v) is 6.72. The van der Waals surface area contributed by atoms with Crippen LogP contribution in [0, 0.1) is 17.7 Å². The smallest absolute Gasteiger partial charge is 0.223 e. The van der Waals surface area contributed by atoms with Crippen molar-refractivity contribution in [3.63, 3.8) is 0 Å². The van der Waals surface area contributed by atoms with Crippen LogP contribution in [0.3, 0.4) is 0 Å². The number of piperidine rings is 1. The fourth-order valence-corrected chi connectivity index (χ4v) is 3.27. The Morgan fingerprint density at radius 1 is 1.45 bits per heavy atom. The van der Waals surface area contributed by atoms with Crippen LogP contribution in [0.4, 0.5) is 4.39 Å². The largest absolute Gasteiger partial charge is 0.356 e. The molecule has 1 saturated heterocycles. The number of halogens is 2. The molecule has 0 radical (unpaired) electrons. The molecule has 2 rings (SSSR count). The molecule has 1 aromatic rings. The van der Waals surface area contributed by atoms with Gasteiger partial charge in [-0.3, -0.25) is 4.79 Å². The van der Waals surface area contributed by atoms with Crippen LogP contribution in [0.2, 0.25) is 0 Å². The third-order valence-corrected chi connectivity index (χ3v) is 5.00. The summed E-state index contributed by atoms with van der Waals surface area (Å²) in [6.45, 7) is 4.79. The third-order valence-electron chi connectivity index (χ3n) is 3.73. The maximum atomic E-state index is 12.8. The molecule has 1 heterocycles. The van der Waals surface area contributed by atoms with E-state index in [2.05, 4.69) is 10.6 Å². The van der Waals surface area contributed by atoms with E-state index >= 15 is 0 Å². The lowest BCUT2D eigenvalue weighted by Gasteiger charge is -2.23. The topological polar surface area (TPSA) is 41.1 Å². The Labute approximate surface area is 142 Å². The van der Waals surface area contributed by atoms with Gasteiger partial charge in [-0.05, 0) is 56.1 Å². The lowest BCUT2D eigenvalue weighted by atomic mass is 9.99. The van der Waals surface area contributed by atoms with Gasteiger partial charge in [-0.25, -0.2) is 4.39 Å². The Morgan fingerprint density at radius 3 is 2.82 bits per heavy atom. The highest BCUT2D eigenvalue weighted by Crippen LogP contribution is 2.21. The minimum absolute atomic E-state index is 0. The monoisotopic (exact) mass is 346 g/mol. The fraction of sp³-hybridized carbons (Fsp3) is 0.562. The van der Waals surface area contributed by atoms with Crippen molar-refractivity contribution >= 4 is 30.1 Å². The van der Waals surface area contributed by atoms with Crippen molar-refractivity contribution in [2.75, 3.05) is 25.4 Å². The number of hydrogen-bond acceptors (Lipinski definition) is 3. The second-order valence-electron chi connectivity index (χ2n) is 5.62. The zero-order valence-corrected chi connectivity index (χ0v) is 14.4. The van der Waals surface area contributed by atoms with Crippen LogP contribution >= 0.6 is 24.2 Å². The van der Waals surface area contributed by atoms with Gasteiger partial charge >= 0.3 is 0 Å². The number of carbonyl (C=O) groups is 1. The lowest BCUT2D eigenvalue weighted by Crippen LogP contribution is -2.40. The van der Waals surface area contributed by atoms with Crippen molar-refractivity contribution in [2.24, 2.45) is 11.8 Å². The molecule has 1 aliphatic rings. The Hall–Kier alpha value is -0.780. The van der Waals surface area contributed by atoms with Crippen LogP contribution in [-0.4, -0.2) is 31.3 Å². The van der Waals surface area contributed by atoms with Gasteiger partial charge < -0.3 is 10.6 Å². The van der Waals surface area contributed by atoms with Crippen molar-refractivity contribution in [3.8, 4) is 0 Å². The highest BCUT2D eigenvalue weighted by atomic mass is 35.5. The first kappa shape index (κ1) is 19.3. The summed E-state index contributed by atoms with van der Waals surface area (Å²) in [6.07, 6.45) is 2.38. The molecule has 1 aromatic carbocycles. The van der Waals surface area contributed by atoms with Crippen molar-refractivity contribution in [2.45, 2.75) is 24.7 Å². The molecule has 0 bridgehead atoms. The summed E-state index contributed by atoms with van der Waals surface area (Å²) in [5, 5.41) is 6.40. The number of rotatable bonds is 6. The predicted molar refractivity (Wildman–Crippen MR) is 92.1 cm³/mol. The number of nitrogens with one attached hydrogen (secondary N) is 2. The molecule has 1 amide bonds. The van der Waals surface area contributed by atoms with E-state index in [-0.39, 0.29) is 30.0 Å². The number of hydrogen-bond donors (Lipinski definition) is 2. The SMILES string of the molecule is CC(CSc1ccc(F)cc1)C(=O)NCC1CCCNC1.Cl. The minimum atomic E-state index is -0.230. The molecule has 0 aliphatic carbocycles. The molecule has 0 spiro atoms. The van der Waals surface area contributed by atoms with Crippen LogP contribution in [0.25, 0.3) is 0 Å². The van der Waals surface area contributed by atoms with E-state index in [0.717, 1.165) is 24.5 Å². The fourth-order valence-electron chi connectivity index (χ4n) is 2.35. The van der Waals surface area contributed by atoms with E-state index in [1.165, 1.54) is 25.0 Å². The normalized spacial score (nSPS) is 19.1. The summed E-state index contributed by atoms with van der Waals surface area (Å²) >= 11 is 1.59. The van der Waals surface area contributed by atoms with Gasteiger partial charge in [-0.2, -0.15) is 0 Å². The zero-order valence-electron chi connectivity index (χ0n) is 12.8. The molecule has 1 fully saturated rings. The summed E-state index contributed by atoms with van der Waals surface area (Å²) in [4.78, 5) is 13.0. The summed E-state index contributed by atoms with van der Waals surface area (Å²) in [7, 11) is 0. The molecule has 2 atom stereocenters. The van der Waals surface area contributed by atoms with Gasteiger partial charge in [0.2, 0.25) is 5.91 Å². The van der Waals surface area contributed by atoms with Crippen molar-refractivity contribution in [1.29, 1.82) is 0 Å². The molecule has 124 valence electrons. The van der Waals surface area contributed by atoms with E-state index in [1.54, 1.807) is 23.9 Å². The standard InChI is InChI=1S/C16H23FN2OS.ClH/c1-12(11-21-15-6-4-14(17)5-7-15)16(20)19-10-13-3-2-8-18-9-13;/h4-7,12-13,18H,2-3,8-11H2,1H3,(H,19,20);1H. The molecule has 1 aliphatic heterocycles. The summed E-state index contributed by atoms with van der Waals surface area (Å²) in [5.74, 6) is 1.10. The highest BCUT2D eigenvalue weighted by molar-refractivity contribution is 7.99. The lowest BCUT2D eigenvalue weighted by molar-refractivity contribution is -0.124. The third kappa shape index (κ3) is 6.55. The van der Waals surface area contributed by atoms with Gasteiger partial charge in [0, 0.05) is 23.1 Å². The Balaban J connectivity index is 0.00000242. The second kappa shape index (κ2) is 10.1. The number of amides is 1. The van der Waals surface area contributed by atoms with Gasteiger partial charge in [0.15, 0.2) is 0 Å². The molecule has 2 unspecified atom stereocenters.